The maximum absolute atomic E-state index is 14.1. The highest BCUT2D eigenvalue weighted by Crippen LogP contribution is 2.20. The summed E-state index contributed by atoms with van der Waals surface area (Å²) in [5.41, 5.74) is 12.9. The second-order valence-corrected chi connectivity index (χ2v) is 13.3. The van der Waals surface area contributed by atoms with Gasteiger partial charge in [-0.05, 0) is 56.7 Å². The minimum absolute atomic E-state index is 0.0867. The van der Waals surface area contributed by atoms with Gasteiger partial charge in [0, 0.05) is 42.0 Å². The molecule has 0 aliphatic rings. The number of aromatic nitrogens is 1. The molecule has 3 rings (SSSR count). The number of carbonyl (C=O) groups excluding carboxylic acids is 4. The van der Waals surface area contributed by atoms with Crippen molar-refractivity contribution in [3.8, 4) is 0 Å². The van der Waals surface area contributed by atoms with Crippen LogP contribution >= 0.6 is 0 Å². The molecule has 4 amide bonds. The van der Waals surface area contributed by atoms with Crippen LogP contribution in [-0.4, -0.2) is 71.6 Å². The molecule has 48 heavy (non-hydrogen) atoms. The summed E-state index contributed by atoms with van der Waals surface area (Å²) < 4.78 is 5.26. The third-order valence-electron chi connectivity index (χ3n) is 7.25. The Kier molecular flexibility index (Phi) is 13.8. The van der Waals surface area contributed by atoms with Gasteiger partial charge in [-0.2, -0.15) is 0 Å². The molecule has 0 fully saturated rings. The minimum atomic E-state index is -1.11. The molecule has 0 unspecified atom stereocenters. The number of ether oxygens (including phenoxy) is 1. The minimum Gasteiger partial charge on any atom is -0.449 e. The molecule has 260 valence electrons. The van der Waals surface area contributed by atoms with Gasteiger partial charge in [0.1, 0.15) is 18.1 Å². The van der Waals surface area contributed by atoms with Crippen molar-refractivity contribution in [2.45, 2.75) is 84.0 Å². The number of hydrogen-bond donors (Lipinski definition) is 7. The van der Waals surface area contributed by atoms with Crippen LogP contribution in [0.4, 0.5) is 4.79 Å². The van der Waals surface area contributed by atoms with E-state index in [1.165, 1.54) is 0 Å². The summed E-state index contributed by atoms with van der Waals surface area (Å²) in [4.78, 5) is 61.2. The molecular weight excluding hydrogens is 612 g/mol. The monoisotopic (exact) mass is 662 g/mol. The SMILES string of the molecule is CC(C)COC(=O)N[C@@H](CCCN=C(N)N)C(=O)N[C@@H](Cc1c[nH]c2ccccc12)C(=O)N[C@@H](Cc1ccccc1)C(=O)NC(C)(C)C. The molecule has 0 bridgehead atoms. The average molecular weight is 663 g/mol. The molecule has 0 saturated carbocycles. The summed E-state index contributed by atoms with van der Waals surface area (Å²) in [6.07, 6.45) is 1.92. The first kappa shape index (κ1) is 37.4. The molecule has 13 heteroatoms. The van der Waals surface area contributed by atoms with Gasteiger partial charge in [0.05, 0.1) is 6.61 Å². The normalized spacial score (nSPS) is 13.2. The maximum atomic E-state index is 14.1. The molecule has 2 aromatic carbocycles. The van der Waals surface area contributed by atoms with Gasteiger partial charge in [0.2, 0.25) is 17.7 Å². The molecular formula is C35H50N8O5. The van der Waals surface area contributed by atoms with Crippen LogP contribution in [0.25, 0.3) is 10.9 Å². The van der Waals surface area contributed by atoms with Gasteiger partial charge in [-0.1, -0.05) is 62.4 Å². The van der Waals surface area contributed by atoms with Gasteiger partial charge < -0.3 is 42.5 Å². The van der Waals surface area contributed by atoms with Crippen molar-refractivity contribution >= 4 is 40.7 Å². The van der Waals surface area contributed by atoms with Crippen molar-refractivity contribution in [1.29, 1.82) is 0 Å². The van der Waals surface area contributed by atoms with Crippen LogP contribution in [-0.2, 0) is 32.0 Å². The quantitative estimate of drug-likeness (QED) is 0.0693. The number of rotatable bonds is 16. The number of aliphatic imine (C=N–C) groups is 1. The fraction of sp³-hybridized carbons (Fsp3) is 0.457. The van der Waals surface area contributed by atoms with E-state index in [9.17, 15) is 19.2 Å². The molecule has 3 atom stereocenters. The third-order valence-corrected chi connectivity index (χ3v) is 7.25. The number of nitrogens with two attached hydrogens (primary N) is 2. The van der Waals surface area contributed by atoms with Gasteiger partial charge in [-0.3, -0.25) is 19.4 Å². The van der Waals surface area contributed by atoms with Gasteiger partial charge >= 0.3 is 6.09 Å². The molecule has 1 aromatic heterocycles. The molecule has 1 heterocycles. The first-order valence-corrected chi connectivity index (χ1v) is 16.2. The highest BCUT2D eigenvalue weighted by atomic mass is 16.5. The van der Waals surface area contributed by atoms with E-state index >= 15 is 0 Å². The number of benzene rings is 2. The molecule has 13 nitrogen and oxygen atoms in total. The number of amides is 4. The zero-order valence-electron chi connectivity index (χ0n) is 28.5. The number of carbonyl (C=O) groups is 4. The summed E-state index contributed by atoms with van der Waals surface area (Å²) in [6.45, 7) is 9.77. The van der Waals surface area contributed by atoms with Crippen LogP contribution < -0.4 is 32.7 Å². The van der Waals surface area contributed by atoms with Crippen LogP contribution in [0.15, 0.2) is 65.8 Å². The van der Waals surface area contributed by atoms with Crippen molar-refractivity contribution in [1.82, 2.24) is 26.3 Å². The number of aromatic amines is 1. The first-order chi connectivity index (χ1) is 22.7. The van der Waals surface area contributed by atoms with Crippen LogP contribution in [0.2, 0.25) is 0 Å². The number of guanidine groups is 1. The van der Waals surface area contributed by atoms with E-state index in [0.29, 0.717) is 6.42 Å². The summed E-state index contributed by atoms with van der Waals surface area (Å²) in [5.74, 6) is -1.51. The molecule has 9 N–H and O–H groups in total. The number of hydrogen-bond acceptors (Lipinski definition) is 6. The number of para-hydroxylation sites is 1. The fourth-order valence-corrected chi connectivity index (χ4v) is 4.99. The van der Waals surface area contributed by atoms with E-state index in [0.717, 1.165) is 22.0 Å². The maximum Gasteiger partial charge on any atom is 0.407 e. The van der Waals surface area contributed by atoms with Crippen molar-refractivity contribution in [2.75, 3.05) is 13.2 Å². The Morgan fingerprint density at radius 2 is 1.46 bits per heavy atom. The number of nitrogens with one attached hydrogen (secondary N) is 5. The molecule has 0 radical (unpaired) electrons. The van der Waals surface area contributed by atoms with E-state index < -0.39 is 41.6 Å². The van der Waals surface area contributed by atoms with Gasteiger partial charge in [-0.15, -0.1) is 0 Å². The van der Waals surface area contributed by atoms with Crippen molar-refractivity contribution in [2.24, 2.45) is 22.4 Å². The second-order valence-electron chi connectivity index (χ2n) is 13.3. The summed E-state index contributed by atoms with van der Waals surface area (Å²) in [6, 6.07) is 13.9. The summed E-state index contributed by atoms with van der Waals surface area (Å²) >= 11 is 0. The van der Waals surface area contributed by atoms with E-state index in [1.807, 2.05) is 89.2 Å². The average Bonchev–Trinajstić information content (AvgIpc) is 3.43. The lowest BCUT2D eigenvalue weighted by Crippen LogP contribution is -2.59. The van der Waals surface area contributed by atoms with Gasteiger partial charge in [0.25, 0.3) is 0 Å². The standard InChI is InChI=1S/C35H50N8O5/c1-22(2)21-48-34(47)42-27(16-11-17-38-33(36)37)30(44)41-29(19-24-20-39-26-15-10-9-14-25(24)26)31(45)40-28(32(46)43-35(3,4)5)18-23-12-7-6-8-13-23/h6-10,12-15,20,22,27-29,39H,11,16-19,21H2,1-5H3,(H,40,45)(H,41,44)(H,42,47)(H,43,46)(H4,36,37,38)/t27-,28-,29-/m0/s1. The third kappa shape index (κ3) is 12.6. The zero-order chi connectivity index (χ0) is 35.3. The Morgan fingerprint density at radius 3 is 2.10 bits per heavy atom. The molecule has 0 aliphatic heterocycles. The molecule has 0 aliphatic carbocycles. The zero-order valence-corrected chi connectivity index (χ0v) is 28.5. The Labute approximate surface area is 282 Å². The van der Waals surface area contributed by atoms with E-state index in [-0.39, 0.29) is 50.2 Å². The van der Waals surface area contributed by atoms with Crippen LogP contribution in [0.5, 0.6) is 0 Å². The van der Waals surface area contributed by atoms with Crippen LogP contribution in [0.3, 0.4) is 0 Å². The predicted octanol–water partition coefficient (Wildman–Crippen LogP) is 2.64. The van der Waals surface area contributed by atoms with Crippen molar-refractivity contribution in [3.05, 3.63) is 71.9 Å². The van der Waals surface area contributed by atoms with Crippen LogP contribution in [0.1, 0.15) is 58.6 Å². The Morgan fingerprint density at radius 1 is 0.833 bits per heavy atom. The number of nitrogens with zero attached hydrogens (tertiary/aromatic N) is 1. The topological polar surface area (TPSA) is 206 Å². The number of alkyl carbamates (subject to hydrolysis) is 1. The van der Waals surface area contributed by atoms with Crippen LogP contribution in [0, 0.1) is 5.92 Å². The lowest BCUT2D eigenvalue weighted by Gasteiger charge is -2.28. The lowest BCUT2D eigenvalue weighted by atomic mass is 10.0. The Hall–Kier alpha value is -5.07. The fourth-order valence-electron chi connectivity index (χ4n) is 4.99. The predicted molar refractivity (Wildman–Crippen MR) is 187 cm³/mol. The first-order valence-electron chi connectivity index (χ1n) is 16.2. The molecule has 0 spiro atoms. The lowest BCUT2D eigenvalue weighted by molar-refractivity contribution is -0.133. The Balaban J connectivity index is 1.91. The van der Waals surface area contributed by atoms with E-state index in [2.05, 4.69) is 31.2 Å². The Bertz CT molecular complexity index is 1540. The summed E-state index contributed by atoms with van der Waals surface area (Å²) in [5, 5.41) is 12.2. The second kappa shape index (κ2) is 17.7. The molecule has 3 aromatic rings. The van der Waals surface area contributed by atoms with E-state index in [4.69, 9.17) is 16.2 Å². The highest BCUT2D eigenvalue weighted by molar-refractivity contribution is 5.95. The van der Waals surface area contributed by atoms with Gasteiger partial charge in [0.15, 0.2) is 5.96 Å². The van der Waals surface area contributed by atoms with Crippen molar-refractivity contribution in [3.63, 3.8) is 0 Å². The van der Waals surface area contributed by atoms with Crippen molar-refractivity contribution < 1.29 is 23.9 Å². The largest absolute Gasteiger partial charge is 0.449 e. The highest BCUT2D eigenvalue weighted by Gasteiger charge is 2.31. The van der Waals surface area contributed by atoms with E-state index in [1.54, 1.807) is 6.20 Å². The summed E-state index contributed by atoms with van der Waals surface area (Å²) in [7, 11) is 0. The number of fused-ring (bicyclic) bond motifs is 1. The van der Waals surface area contributed by atoms with Gasteiger partial charge in [-0.25, -0.2) is 4.79 Å². The molecule has 0 saturated heterocycles. The number of H-pyrrole nitrogens is 1. The smallest absolute Gasteiger partial charge is 0.407 e.